The Hall–Kier alpha value is -2.37. The first-order chi connectivity index (χ1) is 12.5. The van der Waals surface area contributed by atoms with Crippen LogP contribution < -0.4 is 5.69 Å². The largest absolute Gasteiger partial charge is 0.342 e. The lowest BCUT2D eigenvalue weighted by atomic mass is 9.80. The molecule has 6 nitrogen and oxygen atoms in total. The molecule has 4 rings (SSSR count). The standard InChI is InChI=1S/C20H25N3O3/c1-13-12-14(6-7-18(13)24)19(25)22-10-8-15(9-11-22)23-17-5-3-2-4-16(17)21-20(23)26/h2-5,13-15H,6-12H2,1H3,(H,21,26). The first kappa shape index (κ1) is 17.1. The molecule has 1 aliphatic heterocycles. The predicted octanol–water partition coefficient (Wildman–Crippen LogP) is 2.50. The summed E-state index contributed by atoms with van der Waals surface area (Å²) in [6.45, 7) is 3.28. The molecule has 2 atom stereocenters. The number of imidazole rings is 1. The zero-order chi connectivity index (χ0) is 18.3. The molecule has 138 valence electrons. The van der Waals surface area contributed by atoms with Crippen LogP contribution >= 0.6 is 0 Å². The first-order valence-electron chi connectivity index (χ1n) is 9.55. The van der Waals surface area contributed by atoms with Gasteiger partial charge in [-0.25, -0.2) is 4.79 Å². The third-order valence-electron chi connectivity index (χ3n) is 6.04. The normalized spacial score (nSPS) is 25.0. The summed E-state index contributed by atoms with van der Waals surface area (Å²) in [5.74, 6) is 0.454. The Morgan fingerprint density at radius 2 is 1.85 bits per heavy atom. The molecular formula is C20H25N3O3. The summed E-state index contributed by atoms with van der Waals surface area (Å²) in [5.41, 5.74) is 1.72. The number of carbonyl (C=O) groups excluding carboxylic acids is 2. The van der Waals surface area contributed by atoms with Crippen LogP contribution in [0, 0.1) is 11.8 Å². The van der Waals surface area contributed by atoms with Gasteiger partial charge in [0.05, 0.1) is 11.0 Å². The Balaban J connectivity index is 1.44. The summed E-state index contributed by atoms with van der Waals surface area (Å²) in [5, 5.41) is 0. The van der Waals surface area contributed by atoms with Crippen molar-refractivity contribution in [3.8, 4) is 0 Å². The second kappa shape index (κ2) is 6.74. The van der Waals surface area contributed by atoms with E-state index in [4.69, 9.17) is 0 Å². The van der Waals surface area contributed by atoms with E-state index in [1.165, 1.54) is 0 Å². The minimum absolute atomic E-state index is 0.0000338. The van der Waals surface area contributed by atoms with Gasteiger partial charge >= 0.3 is 5.69 Å². The maximum atomic E-state index is 12.8. The van der Waals surface area contributed by atoms with E-state index in [0.29, 0.717) is 32.4 Å². The van der Waals surface area contributed by atoms with Gasteiger partial charge in [-0.2, -0.15) is 0 Å². The fraction of sp³-hybridized carbons (Fsp3) is 0.550. The van der Waals surface area contributed by atoms with Crippen molar-refractivity contribution >= 4 is 22.7 Å². The van der Waals surface area contributed by atoms with Crippen molar-refractivity contribution in [1.82, 2.24) is 14.5 Å². The Morgan fingerprint density at radius 3 is 2.58 bits per heavy atom. The van der Waals surface area contributed by atoms with E-state index in [-0.39, 0.29) is 35.3 Å². The van der Waals surface area contributed by atoms with Crippen molar-refractivity contribution in [2.45, 2.75) is 45.1 Å². The van der Waals surface area contributed by atoms with Crippen LogP contribution in [0.2, 0.25) is 0 Å². The van der Waals surface area contributed by atoms with Crippen LogP contribution in [0.1, 0.15) is 45.1 Å². The third kappa shape index (κ3) is 2.97. The summed E-state index contributed by atoms with van der Waals surface area (Å²) in [4.78, 5) is 41.7. The molecule has 0 bridgehead atoms. The molecule has 1 saturated heterocycles. The summed E-state index contributed by atoms with van der Waals surface area (Å²) < 4.78 is 1.85. The number of fused-ring (bicyclic) bond motifs is 1. The van der Waals surface area contributed by atoms with E-state index in [2.05, 4.69) is 4.98 Å². The number of Topliss-reactive ketones (excluding diaryl/α,β-unsaturated/α-hetero) is 1. The van der Waals surface area contributed by atoms with E-state index < -0.39 is 0 Å². The Labute approximate surface area is 152 Å². The molecule has 1 aromatic carbocycles. The monoisotopic (exact) mass is 355 g/mol. The number of carbonyl (C=O) groups is 2. The van der Waals surface area contributed by atoms with E-state index in [1.807, 2.05) is 40.7 Å². The average molecular weight is 355 g/mol. The van der Waals surface area contributed by atoms with Gasteiger partial charge in [-0.15, -0.1) is 0 Å². The van der Waals surface area contributed by atoms with Crippen LogP contribution in [0.5, 0.6) is 0 Å². The lowest BCUT2D eigenvalue weighted by Crippen LogP contribution is -2.44. The number of piperidine rings is 1. The maximum absolute atomic E-state index is 12.8. The summed E-state index contributed by atoms with van der Waals surface area (Å²) in [7, 11) is 0. The maximum Gasteiger partial charge on any atom is 0.326 e. The number of benzene rings is 1. The van der Waals surface area contributed by atoms with Gasteiger partial charge in [-0.3, -0.25) is 14.2 Å². The van der Waals surface area contributed by atoms with Crippen LogP contribution in [0.25, 0.3) is 11.0 Å². The van der Waals surface area contributed by atoms with E-state index >= 15 is 0 Å². The number of amides is 1. The molecule has 1 aromatic heterocycles. The lowest BCUT2D eigenvalue weighted by Gasteiger charge is -2.36. The molecule has 2 fully saturated rings. The second-order valence-electron chi connectivity index (χ2n) is 7.71. The number of rotatable bonds is 2. The van der Waals surface area contributed by atoms with Crippen molar-refractivity contribution in [1.29, 1.82) is 0 Å². The van der Waals surface area contributed by atoms with E-state index in [9.17, 15) is 14.4 Å². The molecule has 2 aromatic rings. The summed E-state index contributed by atoms with van der Waals surface area (Å²) in [6, 6.07) is 7.85. The van der Waals surface area contributed by atoms with Gasteiger partial charge in [0.1, 0.15) is 5.78 Å². The van der Waals surface area contributed by atoms with Gasteiger partial charge in [-0.05, 0) is 37.8 Å². The van der Waals surface area contributed by atoms with Gasteiger partial charge < -0.3 is 9.88 Å². The number of aromatic amines is 1. The molecule has 1 aliphatic carbocycles. The molecular weight excluding hydrogens is 330 g/mol. The fourth-order valence-corrected chi connectivity index (χ4v) is 4.50. The van der Waals surface area contributed by atoms with Gasteiger partial charge in [0.25, 0.3) is 0 Å². The van der Waals surface area contributed by atoms with Crippen molar-refractivity contribution in [3.05, 3.63) is 34.7 Å². The molecule has 2 unspecified atom stereocenters. The quantitative estimate of drug-likeness (QED) is 0.899. The lowest BCUT2D eigenvalue weighted by molar-refractivity contribution is -0.140. The minimum atomic E-state index is -0.0735. The van der Waals surface area contributed by atoms with Gasteiger partial charge in [0.2, 0.25) is 5.91 Å². The molecule has 2 heterocycles. The Morgan fingerprint density at radius 1 is 1.12 bits per heavy atom. The van der Waals surface area contributed by atoms with Gasteiger partial charge in [0.15, 0.2) is 0 Å². The summed E-state index contributed by atoms with van der Waals surface area (Å²) in [6.07, 6.45) is 3.46. The van der Waals surface area contributed by atoms with E-state index in [1.54, 1.807) is 0 Å². The average Bonchev–Trinajstić information content (AvgIpc) is 2.99. The molecule has 26 heavy (non-hydrogen) atoms. The molecule has 2 aliphatic rings. The van der Waals surface area contributed by atoms with Crippen LogP contribution in [0.15, 0.2) is 29.1 Å². The van der Waals surface area contributed by atoms with Crippen molar-refractivity contribution in [2.24, 2.45) is 11.8 Å². The zero-order valence-electron chi connectivity index (χ0n) is 15.1. The molecule has 6 heteroatoms. The highest BCUT2D eigenvalue weighted by atomic mass is 16.2. The molecule has 0 radical (unpaired) electrons. The van der Waals surface area contributed by atoms with E-state index in [0.717, 1.165) is 23.9 Å². The van der Waals surface area contributed by atoms with Crippen LogP contribution in [0.4, 0.5) is 0 Å². The van der Waals surface area contributed by atoms with Crippen LogP contribution in [-0.4, -0.2) is 39.2 Å². The SMILES string of the molecule is CC1CC(C(=O)N2CCC(n3c(=O)[nH]c4ccccc43)CC2)CCC1=O. The number of para-hydroxylation sites is 2. The van der Waals surface area contributed by atoms with Crippen molar-refractivity contribution < 1.29 is 9.59 Å². The Kier molecular flexibility index (Phi) is 4.42. The molecule has 1 N–H and O–H groups in total. The highest BCUT2D eigenvalue weighted by Gasteiger charge is 2.34. The first-order valence-corrected chi connectivity index (χ1v) is 9.55. The highest BCUT2D eigenvalue weighted by Crippen LogP contribution is 2.30. The van der Waals surface area contributed by atoms with Crippen LogP contribution in [0.3, 0.4) is 0 Å². The molecule has 1 saturated carbocycles. The number of nitrogens with one attached hydrogen (secondary N) is 1. The highest BCUT2D eigenvalue weighted by molar-refractivity contribution is 5.86. The molecule has 0 spiro atoms. The van der Waals surface area contributed by atoms with Crippen molar-refractivity contribution in [3.63, 3.8) is 0 Å². The Bertz CT molecular complexity index is 889. The second-order valence-corrected chi connectivity index (χ2v) is 7.71. The minimum Gasteiger partial charge on any atom is -0.342 e. The van der Waals surface area contributed by atoms with Gasteiger partial charge in [0, 0.05) is 37.4 Å². The number of likely N-dealkylation sites (tertiary alicyclic amines) is 1. The predicted molar refractivity (Wildman–Crippen MR) is 98.9 cm³/mol. The summed E-state index contributed by atoms with van der Waals surface area (Å²) >= 11 is 0. The number of hydrogen-bond acceptors (Lipinski definition) is 3. The van der Waals surface area contributed by atoms with Gasteiger partial charge in [-0.1, -0.05) is 19.1 Å². The number of H-pyrrole nitrogens is 1. The number of hydrogen-bond donors (Lipinski definition) is 1. The molecule has 1 amide bonds. The number of nitrogens with zero attached hydrogens (tertiary/aromatic N) is 2. The third-order valence-corrected chi connectivity index (χ3v) is 6.04. The topological polar surface area (TPSA) is 75.2 Å². The smallest absolute Gasteiger partial charge is 0.326 e. The zero-order valence-corrected chi connectivity index (χ0v) is 15.1. The fourth-order valence-electron chi connectivity index (χ4n) is 4.50. The van der Waals surface area contributed by atoms with Crippen LogP contribution in [-0.2, 0) is 9.59 Å². The van der Waals surface area contributed by atoms with Crippen molar-refractivity contribution in [2.75, 3.05) is 13.1 Å². The number of ketones is 1. The number of aromatic nitrogens is 2.